The smallest absolute Gasteiger partial charge is 0.000767 e. The van der Waals surface area contributed by atoms with Gasteiger partial charge in [0.15, 0.2) is 0 Å². The lowest BCUT2D eigenvalue weighted by Crippen LogP contribution is -2.11. The van der Waals surface area contributed by atoms with Gasteiger partial charge in [-0.25, -0.2) is 0 Å². The minimum absolute atomic E-state index is 0.944. The van der Waals surface area contributed by atoms with Crippen molar-refractivity contribution in [2.24, 2.45) is 0 Å². The predicted octanol–water partition coefficient (Wildman–Crippen LogP) is 2.62. The number of rotatable bonds is 7. The predicted molar refractivity (Wildman–Crippen MR) is 59.6 cm³/mol. The molecule has 0 aliphatic heterocycles. The molecule has 0 saturated carbocycles. The monoisotopic (exact) mass is 192 g/mol. The van der Waals surface area contributed by atoms with Gasteiger partial charge in [0, 0.05) is 5.75 Å². The minimum atomic E-state index is -1.72. The Labute approximate surface area is 78.4 Å². The van der Waals surface area contributed by atoms with Crippen molar-refractivity contribution >= 4 is 9.93 Å². The molecule has 0 spiro atoms. The SMILES string of the molecule is CCCCCCCC[SH](C)(C)=O. The first-order chi connectivity index (χ1) is 5.56. The van der Waals surface area contributed by atoms with Crippen molar-refractivity contribution in [3.05, 3.63) is 0 Å². The molecule has 0 heterocycles. The molecule has 0 bridgehead atoms. The van der Waals surface area contributed by atoms with E-state index in [9.17, 15) is 4.21 Å². The largest absolute Gasteiger partial charge is 0.285 e. The Morgan fingerprint density at radius 3 is 1.92 bits per heavy atom. The lowest BCUT2D eigenvalue weighted by atomic mass is 10.1. The second-order valence-corrected chi connectivity index (χ2v) is 7.66. The van der Waals surface area contributed by atoms with Crippen LogP contribution in [0.4, 0.5) is 0 Å². The van der Waals surface area contributed by atoms with Crippen molar-refractivity contribution in [2.75, 3.05) is 18.3 Å². The van der Waals surface area contributed by atoms with E-state index in [0.717, 1.165) is 12.2 Å². The van der Waals surface area contributed by atoms with Gasteiger partial charge in [0.1, 0.15) is 0 Å². The maximum atomic E-state index is 11.3. The summed E-state index contributed by atoms with van der Waals surface area (Å²) < 4.78 is 11.3. The van der Waals surface area contributed by atoms with Gasteiger partial charge in [-0.15, -0.1) is 9.93 Å². The van der Waals surface area contributed by atoms with E-state index in [0.29, 0.717) is 0 Å². The molecule has 0 N–H and O–H groups in total. The zero-order chi connectivity index (χ0) is 9.45. The number of unbranched alkanes of at least 4 members (excludes halogenated alkanes) is 5. The van der Waals surface area contributed by atoms with Crippen LogP contribution in [0.25, 0.3) is 0 Å². The van der Waals surface area contributed by atoms with Crippen LogP contribution in [0.2, 0.25) is 0 Å². The molecule has 0 aromatic rings. The summed E-state index contributed by atoms with van der Waals surface area (Å²) in [5.74, 6) is 0.944. The van der Waals surface area contributed by atoms with Gasteiger partial charge in [0.2, 0.25) is 0 Å². The van der Waals surface area contributed by atoms with E-state index < -0.39 is 9.93 Å². The number of thiol groups is 1. The van der Waals surface area contributed by atoms with Gasteiger partial charge >= 0.3 is 0 Å². The van der Waals surface area contributed by atoms with Crippen LogP contribution in [0.3, 0.4) is 0 Å². The summed E-state index contributed by atoms with van der Waals surface area (Å²) in [6.07, 6.45) is 11.6. The lowest BCUT2D eigenvalue weighted by molar-refractivity contribution is 0.621. The maximum absolute atomic E-state index is 11.3. The molecule has 0 unspecified atom stereocenters. The molecular weight excluding hydrogens is 168 g/mol. The van der Waals surface area contributed by atoms with Gasteiger partial charge in [-0.1, -0.05) is 39.0 Å². The Morgan fingerprint density at radius 1 is 0.917 bits per heavy atom. The van der Waals surface area contributed by atoms with Crippen molar-refractivity contribution in [1.82, 2.24) is 0 Å². The molecule has 76 valence electrons. The van der Waals surface area contributed by atoms with Crippen molar-refractivity contribution in [3.8, 4) is 0 Å². The van der Waals surface area contributed by atoms with Crippen LogP contribution >= 0.6 is 0 Å². The first-order valence-corrected chi connectivity index (χ1v) is 7.89. The van der Waals surface area contributed by atoms with E-state index in [1.807, 2.05) is 12.5 Å². The molecule has 0 saturated heterocycles. The van der Waals surface area contributed by atoms with Gasteiger partial charge < -0.3 is 0 Å². The molecular formula is C10H24OS. The zero-order valence-corrected chi connectivity index (χ0v) is 9.70. The second kappa shape index (κ2) is 6.64. The molecule has 0 atom stereocenters. The van der Waals surface area contributed by atoms with Gasteiger partial charge in [-0.05, 0) is 18.9 Å². The zero-order valence-electron chi connectivity index (χ0n) is 8.81. The molecule has 0 amide bonds. The van der Waals surface area contributed by atoms with Crippen LogP contribution in [0.15, 0.2) is 0 Å². The fraction of sp³-hybridized carbons (Fsp3) is 1.00. The molecule has 0 aliphatic carbocycles. The highest BCUT2D eigenvalue weighted by Crippen LogP contribution is 2.07. The van der Waals surface area contributed by atoms with E-state index in [4.69, 9.17) is 0 Å². The van der Waals surface area contributed by atoms with Crippen LogP contribution in [-0.2, 0) is 9.93 Å². The highest BCUT2D eigenvalue weighted by molar-refractivity contribution is 8.01. The standard InChI is InChI=1S/C10H24OS/c1-4-5-6-7-8-9-10-12(2,3)11/h12H,4-10H2,1-3H3. The third-order valence-corrected chi connectivity index (χ3v) is 3.44. The van der Waals surface area contributed by atoms with Crippen molar-refractivity contribution in [3.63, 3.8) is 0 Å². The number of hydrogen-bond donors (Lipinski definition) is 1. The fourth-order valence-corrected chi connectivity index (χ4v) is 2.26. The van der Waals surface area contributed by atoms with Crippen molar-refractivity contribution < 1.29 is 4.21 Å². The Kier molecular flexibility index (Phi) is 6.73. The summed E-state index contributed by atoms with van der Waals surface area (Å²) >= 11 is 0. The summed E-state index contributed by atoms with van der Waals surface area (Å²) in [5, 5.41) is 0. The quantitative estimate of drug-likeness (QED) is 0.485. The molecule has 12 heavy (non-hydrogen) atoms. The summed E-state index contributed by atoms with van der Waals surface area (Å²) in [7, 11) is -1.72. The maximum Gasteiger partial charge on any atom is 0.000767 e. The van der Waals surface area contributed by atoms with E-state index in [-0.39, 0.29) is 0 Å². The highest BCUT2D eigenvalue weighted by Gasteiger charge is 1.99. The third-order valence-electron chi connectivity index (χ3n) is 2.05. The topological polar surface area (TPSA) is 17.1 Å². The van der Waals surface area contributed by atoms with Crippen molar-refractivity contribution in [1.29, 1.82) is 0 Å². The van der Waals surface area contributed by atoms with Gasteiger partial charge in [0.05, 0.1) is 0 Å². The molecule has 0 aliphatic rings. The van der Waals surface area contributed by atoms with Crippen LogP contribution in [0.5, 0.6) is 0 Å². The molecule has 0 radical (unpaired) electrons. The van der Waals surface area contributed by atoms with E-state index in [2.05, 4.69) is 6.92 Å². The van der Waals surface area contributed by atoms with Gasteiger partial charge in [-0.2, -0.15) is 0 Å². The van der Waals surface area contributed by atoms with Crippen LogP contribution < -0.4 is 0 Å². The Hall–Kier alpha value is 0.150. The minimum Gasteiger partial charge on any atom is -0.285 e. The highest BCUT2D eigenvalue weighted by atomic mass is 32.2. The molecule has 1 nitrogen and oxygen atoms in total. The molecule has 0 fully saturated rings. The summed E-state index contributed by atoms with van der Waals surface area (Å²) in [6, 6.07) is 0. The van der Waals surface area contributed by atoms with Crippen LogP contribution in [-0.4, -0.2) is 22.5 Å². The van der Waals surface area contributed by atoms with E-state index in [1.54, 1.807) is 0 Å². The summed E-state index contributed by atoms with van der Waals surface area (Å²) in [6.45, 7) is 2.23. The Morgan fingerprint density at radius 2 is 1.42 bits per heavy atom. The van der Waals surface area contributed by atoms with Crippen LogP contribution in [0.1, 0.15) is 45.4 Å². The summed E-state index contributed by atoms with van der Waals surface area (Å²) in [5.41, 5.74) is 0. The molecule has 0 rings (SSSR count). The average molecular weight is 192 g/mol. The molecule has 2 heteroatoms. The van der Waals surface area contributed by atoms with E-state index >= 15 is 0 Å². The normalized spacial score (nSPS) is 13.2. The first-order valence-electron chi connectivity index (χ1n) is 5.10. The third kappa shape index (κ3) is 10.2. The van der Waals surface area contributed by atoms with E-state index in [1.165, 1.54) is 32.1 Å². The first kappa shape index (κ1) is 12.2. The Bertz CT molecular complexity index is 137. The lowest BCUT2D eigenvalue weighted by Gasteiger charge is -2.10. The van der Waals surface area contributed by atoms with Gasteiger partial charge in [-0.3, -0.25) is 4.21 Å². The Balaban J connectivity index is 3.06. The molecule has 0 aromatic heterocycles. The van der Waals surface area contributed by atoms with Crippen molar-refractivity contribution in [2.45, 2.75) is 45.4 Å². The second-order valence-electron chi connectivity index (χ2n) is 4.07. The fourth-order valence-electron chi connectivity index (χ4n) is 1.27. The number of hydrogen-bond acceptors (Lipinski definition) is 1. The van der Waals surface area contributed by atoms with Crippen LogP contribution in [0, 0.1) is 0 Å². The average Bonchev–Trinajstić information content (AvgIpc) is 1.94. The van der Waals surface area contributed by atoms with Gasteiger partial charge in [0.25, 0.3) is 0 Å². The molecule has 0 aromatic carbocycles. The summed E-state index contributed by atoms with van der Waals surface area (Å²) in [4.78, 5) is 0.